The normalized spacial score (nSPS) is 14.9. The summed E-state index contributed by atoms with van der Waals surface area (Å²) in [6.45, 7) is 12.2. The van der Waals surface area contributed by atoms with E-state index in [1.54, 1.807) is 0 Å². The number of nitrogens with one attached hydrogen (secondary N) is 1. The third kappa shape index (κ3) is 2.50. The van der Waals surface area contributed by atoms with E-state index in [0.717, 1.165) is 5.57 Å². The SMILES string of the molecule is C=C(C)C(NN)C(C)(C)C. The molecular formula is C8H18N2. The number of rotatable bonds is 2. The van der Waals surface area contributed by atoms with Crippen molar-refractivity contribution in [3.8, 4) is 0 Å². The molecule has 0 aliphatic heterocycles. The molecule has 0 aromatic rings. The Morgan fingerprint density at radius 1 is 1.50 bits per heavy atom. The maximum atomic E-state index is 5.35. The molecule has 1 atom stereocenters. The molecule has 0 spiro atoms. The predicted octanol–water partition coefficient (Wildman–Crippen LogP) is 1.44. The molecule has 0 saturated carbocycles. The molecule has 0 fully saturated rings. The van der Waals surface area contributed by atoms with Crippen molar-refractivity contribution in [3.05, 3.63) is 12.2 Å². The van der Waals surface area contributed by atoms with Gasteiger partial charge < -0.3 is 0 Å². The van der Waals surface area contributed by atoms with Crippen LogP contribution in [-0.4, -0.2) is 6.04 Å². The van der Waals surface area contributed by atoms with E-state index in [4.69, 9.17) is 5.84 Å². The van der Waals surface area contributed by atoms with Gasteiger partial charge in [0, 0.05) is 6.04 Å². The van der Waals surface area contributed by atoms with Gasteiger partial charge in [-0.3, -0.25) is 11.3 Å². The Morgan fingerprint density at radius 3 is 1.90 bits per heavy atom. The highest BCUT2D eigenvalue weighted by Crippen LogP contribution is 2.22. The minimum atomic E-state index is 0.153. The Hall–Kier alpha value is -0.340. The number of hydrazine groups is 1. The van der Waals surface area contributed by atoms with Crippen LogP contribution in [0.25, 0.3) is 0 Å². The molecule has 0 aromatic carbocycles. The summed E-state index contributed by atoms with van der Waals surface area (Å²) in [5.74, 6) is 5.35. The zero-order valence-electron chi connectivity index (χ0n) is 7.36. The molecular weight excluding hydrogens is 124 g/mol. The molecule has 0 radical (unpaired) electrons. The third-order valence-corrected chi connectivity index (χ3v) is 1.53. The van der Waals surface area contributed by atoms with Gasteiger partial charge in [0.05, 0.1) is 0 Å². The van der Waals surface area contributed by atoms with E-state index in [2.05, 4.69) is 32.8 Å². The van der Waals surface area contributed by atoms with E-state index in [9.17, 15) is 0 Å². The van der Waals surface area contributed by atoms with Gasteiger partial charge in [-0.2, -0.15) is 0 Å². The van der Waals surface area contributed by atoms with Crippen LogP contribution < -0.4 is 11.3 Å². The van der Waals surface area contributed by atoms with Gasteiger partial charge >= 0.3 is 0 Å². The summed E-state index contributed by atoms with van der Waals surface area (Å²) in [5, 5.41) is 0. The Morgan fingerprint density at radius 2 is 1.90 bits per heavy atom. The fourth-order valence-electron chi connectivity index (χ4n) is 1.13. The van der Waals surface area contributed by atoms with Crippen molar-refractivity contribution >= 4 is 0 Å². The molecule has 0 bridgehead atoms. The average Bonchev–Trinajstić information content (AvgIpc) is 1.60. The van der Waals surface area contributed by atoms with Crippen molar-refractivity contribution in [1.29, 1.82) is 0 Å². The zero-order chi connectivity index (χ0) is 8.36. The summed E-state index contributed by atoms with van der Waals surface area (Å²) in [6.07, 6.45) is 0. The monoisotopic (exact) mass is 142 g/mol. The summed E-state index contributed by atoms with van der Waals surface area (Å²) in [6, 6.07) is 0.201. The highest BCUT2D eigenvalue weighted by Gasteiger charge is 2.23. The van der Waals surface area contributed by atoms with Crippen LogP contribution in [0.2, 0.25) is 0 Å². The largest absolute Gasteiger partial charge is 0.271 e. The first-order valence-electron chi connectivity index (χ1n) is 3.51. The van der Waals surface area contributed by atoms with Crippen LogP contribution in [0.4, 0.5) is 0 Å². The van der Waals surface area contributed by atoms with E-state index in [0.29, 0.717) is 0 Å². The molecule has 0 rings (SSSR count). The van der Waals surface area contributed by atoms with Crippen LogP contribution in [0, 0.1) is 5.41 Å². The highest BCUT2D eigenvalue weighted by molar-refractivity contribution is 5.05. The van der Waals surface area contributed by atoms with Crippen LogP contribution in [0.15, 0.2) is 12.2 Å². The van der Waals surface area contributed by atoms with Gasteiger partial charge in [0.2, 0.25) is 0 Å². The summed E-state index contributed by atoms with van der Waals surface area (Å²) in [5.41, 5.74) is 3.97. The summed E-state index contributed by atoms with van der Waals surface area (Å²) >= 11 is 0. The van der Waals surface area contributed by atoms with Gasteiger partial charge in [0.1, 0.15) is 0 Å². The van der Waals surface area contributed by atoms with Gasteiger partial charge in [-0.15, -0.1) is 0 Å². The smallest absolute Gasteiger partial charge is 0.0462 e. The molecule has 3 N–H and O–H groups in total. The molecule has 0 saturated heterocycles. The highest BCUT2D eigenvalue weighted by atomic mass is 15.2. The van der Waals surface area contributed by atoms with Gasteiger partial charge in [-0.25, -0.2) is 0 Å². The second-order valence-corrected chi connectivity index (χ2v) is 3.81. The van der Waals surface area contributed by atoms with E-state index >= 15 is 0 Å². The second kappa shape index (κ2) is 3.17. The van der Waals surface area contributed by atoms with Crippen molar-refractivity contribution in [2.24, 2.45) is 11.3 Å². The molecule has 10 heavy (non-hydrogen) atoms. The first-order chi connectivity index (χ1) is 4.39. The van der Waals surface area contributed by atoms with E-state index in [1.807, 2.05) is 6.92 Å². The van der Waals surface area contributed by atoms with E-state index in [1.165, 1.54) is 0 Å². The Balaban J connectivity index is 4.22. The van der Waals surface area contributed by atoms with Gasteiger partial charge in [0.25, 0.3) is 0 Å². The Labute approximate surface area is 63.5 Å². The van der Waals surface area contributed by atoms with Gasteiger partial charge in [-0.05, 0) is 12.3 Å². The maximum Gasteiger partial charge on any atom is 0.0462 e. The first kappa shape index (κ1) is 9.66. The number of nitrogens with two attached hydrogens (primary N) is 1. The van der Waals surface area contributed by atoms with Crippen molar-refractivity contribution in [2.75, 3.05) is 0 Å². The minimum Gasteiger partial charge on any atom is -0.271 e. The fourth-order valence-corrected chi connectivity index (χ4v) is 1.13. The van der Waals surface area contributed by atoms with Crippen LogP contribution in [-0.2, 0) is 0 Å². The minimum absolute atomic E-state index is 0.153. The van der Waals surface area contributed by atoms with Crippen molar-refractivity contribution in [1.82, 2.24) is 5.43 Å². The van der Waals surface area contributed by atoms with Crippen molar-refractivity contribution < 1.29 is 0 Å². The van der Waals surface area contributed by atoms with Crippen molar-refractivity contribution in [2.45, 2.75) is 33.7 Å². The summed E-state index contributed by atoms with van der Waals surface area (Å²) in [7, 11) is 0. The second-order valence-electron chi connectivity index (χ2n) is 3.81. The molecule has 2 heteroatoms. The van der Waals surface area contributed by atoms with E-state index < -0.39 is 0 Å². The van der Waals surface area contributed by atoms with Crippen LogP contribution in [0.3, 0.4) is 0 Å². The standard InChI is InChI=1S/C8H18N2/c1-6(2)7(10-9)8(3,4)5/h7,10H,1,9H2,2-5H3. The number of hydrogen-bond donors (Lipinski definition) is 2. The molecule has 0 amide bonds. The van der Waals surface area contributed by atoms with Gasteiger partial charge in [-0.1, -0.05) is 32.9 Å². The predicted molar refractivity (Wildman–Crippen MR) is 45.4 cm³/mol. The first-order valence-corrected chi connectivity index (χ1v) is 3.51. The van der Waals surface area contributed by atoms with Crippen LogP contribution in [0.5, 0.6) is 0 Å². The summed E-state index contributed by atoms with van der Waals surface area (Å²) < 4.78 is 0. The van der Waals surface area contributed by atoms with Crippen LogP contribution in [0.1, 0.15) is 27.7 Å². The third-order valence-electron chi connectivity index (χ3n) is 1.53. The molecule has 2 nitrogen and oxygen atoms in total. The van der Waals surface area contributed by atoms with Crippen molar-refractivity contribution in [3.63, 3.8) is 0 Å². The van der Waals surface area contributed by atoms with E-state index in [-0.39, 0.29) is 11.5 Å². The zero-order valence-corrected chi connectivity index (χ0v) is 7.36. The number of hydrogen-bond acceptors (Lipinski definition) is 2. The van der Waals surface area contributed by atoms with Gasteiger partial charge in [0.15, 0.2) is 0 Å². The Kier molecular flexibility index (Phi) is 3.06. The Bertz CT molecular complexity index is 122. The molecule has 0 aliphatic rings. The quantitative estimate of drug-likeness (QED) is 0.348. The summed E-state index contributed by atoms with van der Waals surface area (Å²) in [4.78, 5) is 0. The lowest BCUT2D eigenvalue weighted by Gasteiger charge is -2.30. The molecule has 60 valence electrons. The molecule has 0 heterocycles. The lowest BCUT2D eigenvalue weighted by atomic mass is 9.84. The average molecular weight is 142 g/mol. The maximum absolute atomic E-state index is 5.35. The molecule has 0 aromatic heterocycles. The fraction of sp³-hybridized carbons (Fsp3) is 0.750. The molecule has 1 unspecified atom stereocenters. The lowest BCUT2D eigenvalue weighted by molar-refractivity contribution is 0.305. The lowest BCUT2D eigenvalue weighted by Crippen LogP contribution is -2.44. The topological polar surface area (TPSA) is 38.0 Å². The van der Waals surface area contributed by atoms with Crippen LogP contribution >= 0.6 is 0 Å². The molecule has 0 aliphatic carbocycles.